The van der Waals surface area contributed by atoms with Crippen LogP contribution in [0.1, 0.15) is 74.6 Å². The van der Waals surface area contributed by atoms with Crippen molar-refractivity contribution in [3.63, 3.8) is 0 Å². The standard InChI is InChI=1S/C46H44N4O6/c51-29-31-14-16-33(17-15-31)41-26-37(28-48-24-22-46(23-25-48)45(54)47-30-50(46)36-9-2-1-3-10-36)55-44(56-41)34-20-18-32(19-21-34)38-11-5-4-8-35(38)27-49-42(52)39-12-6-7-13-40(39)43(49)53/h1-21,37,41,44,51H,22-30H2,(H,47,54)/t37-,41+,44+/m0/s1. The Kier molecular flexibility index (Phi) is 9.72. The maximum Gasteiger partial charge on any atom is 0.261 e. The first kappa shape index (κ1) is 36.0. The van der Waals surface area contributed by atoms with Crippen molar-refractivity contribution < 1.29 is 29.0 Å². The molecule has 0 aliphatic carbocycles. The maximum absolute atomic E-state index is 13.3. The van der Waals surface area contributed by atoms with Gasteiger partial charge in [0.1, 0.15) is 5.54 Å². The van der Waals surface area contributed by atoms with Gasteiger partial charge in [0, 0.05) is 37.3 Å². The van der Waals surface area contributed by atoms with Crippen LogP contribution in [-0.2, 0) is 27.4 Å². The van der Waals surface area contributed by atoms with Crippen molar-refractivity contribution in [3.05, 3.63) is 161 Å². The van der Waals surface area contributed by atoms with E-state index in [-0.39, 0.29) is 43.1 Å². The number of aliphatic hydroxyl groups excluding tert-OH is 1. The number of aliphatic hydroxyl groups is 1. The second-order valence-electron chi connectivity index (χ2n) is 15.1. The molecule has 56 heavy (non-hydrogen) atoms. The third kappa shape index (κ3) is 6.68. The minimum Gasteiger partial charge on any atom is -0.392 e. The Morgan fingerprint density at radius 1 is 0.696 bits per heavy atom. The molecule has 0 bridgehead atoms. The number of carbonyl (C=O) groups excluding carboxylic acids is 3. The lowest BCUT2D eigenvalue weighted by molar-refractivity contribution is -0.253. The Hall–Kier alpha value is -5.65. The van der Waals surface area contributed by atoms with Gasteiger partial charge in [-0.2, -0.15) is 0 Å². The molecule has 3 atom stereocenters. The van der Waals surface area contributed by atoms with Crippen LogP contribution in [0.2, 0.25) is 0 Å². The molecule has 9 rings (SSSR count). The first-order valence-electron chi connectivity index (χ1n) is 19.4. The molecule has 3 fully saturated rings. The summed E-state index contributed by atoms with van der Waals surface area (Å²) in [6.45, 7) is 2.91. The molecule has 0 unspecified atom stereocenters. The van der Waals surface area contributed by atoms with Crippen molar-refractivity contribution >= 4 is 23.4 Å². The fraction of sp³-hybridized carbons (Fsp3) is 0.283. The monoisotopic (exact) mass is 748 g/mol. The number of anilines is 1. The Labute approximate surface area is 326 Å². The molecule has 2 N–H and O–H groups in total. The molecule has 1 spiro atoms. The Morgan fingerprint density at radius 3 is 2.00 bits per heavy atom. The van der Waals surface area contributed by atoms with E-state index in [0.717, 1.165) is 65.0 Å². The SMILES string of the molecule is O=C1c2ccccc2C(=O)N1Cc1ccccc1-c1ccc([C@@H]2O[C@H](CN3CCC4(CC3)C(=O)NCN4c3ccccc3)C[C@H](c3ccc(CO)cc3)O2)cc1. The van der Waals surface area contributed by atoms with Crippen molar-refractivity contribution in [1.82, 2.24) is 15.1 Å². The lowest BCUT2D eigenvalue weighted by Gasteiger charge is -2.45. The van der Waals surface area contributed by atoms with E-state index in [9.17, 15) is 19.5 Å². The fourth-order valence-corrected chi connectivity index (χ4v) is 8.77. The third-order valence-electron chi connectivity index (χ3n) is 11.9. The van der Waals surface area contributed by atoms with Crippen LogP contribution in [0.4, 0.5) is 5.69 Å². The zero-order valence-electron chi connectivity index (χ0n) is 31.1. The predicted octanol–water partition coefficient (Wildman–Crippen LogP) is 6.62. The predicted molar refractivity (Wildman–Crippen MR) is 211 cm³/mol. The number of nitrogens with zero attached hydrogens (tertiary/aromatic N) is 3. The summed E-state index contributed by atoms with van der Waals surface area (Å²) in [7, 11) is 0. The van der Waals surface area contributed by atoms with Gasteiger partial charge in [-0.1, -0.05) is 103 Å². The van der Waals surface area contributed by atoms with Crippen LogP contribution in [0.15, 0.2) is 127 Å². The molecular formula is C46H44N4O6. The highest BCUT2D eigenvalue weighted by atomic mass is 16.7. The van der Waals surface area contributed by atoms with E-state index in [1.165, 1.54) is 4.90 Å². The zero-order valence-corrected chi connectivity index (χ0v) is 31.1. The normalized spacial score (nSPS) is 22.1. The largest absolute Gasteiger partial charge is 0.392 e. The number of hydrogen-bond donors (Lipinski definition) is 2. The van der Waals surface area contributed by atoms with E-state index < -0.39 is 11.8 Å². The van der Waals surface area contributed by atoms with Crippen LogP contribution >= 0.6 is 0 Å². The summed E-state index contributed by atoms with van der Waals surface area (Å²) in [5.41, 5.74) is 6.89. The highest BCUT2D eigenvalue weighted by Crippen LogP contribution is 2.41. The molecule has 3 saturated heterocycles. The zero-order chi connectivity index (χ0) is 38.2. The minimum absolute atomic E-state index is 0.0237. The molecular weight excluding hydrogens is 705 g/mol. The molecule has 10 heteroatoms. The Bertz CT molecular complexity index is 2200. The summed E-state index contributed by atoms with van der Waals surface area (Å²) >= 11 is 0. The van der Waals surface area contributed by atoms with E-state index in [0.29, 0.717) is 30.8 Å². The molecule has 3 amide bonds. The number of carbonyl (C=O) groups is 3. The fourth-order valence-electron chi connectivity index (χ4n) is 8.77. The van der Waals surface area contributed by atoms with E-state index in [1.54, 1.807) is 24.3 Å². The second kappa shape index (κ2) is 15.1. The number of fused-ring (bicyclic) bond motifs is 1. The second-order valence-corrected chi connectivity index (χ2v) is 15.1. The highest BCUT2D eigenvalue weighted by molar-refractivity contribution is 6.21. The van der Waals surface area contributed by atoms with Gasteiger partial charge in [-0.15, -0.1) is 0 Å². The molecule has 4 heterocycles. The average molecular weight is 749 g/mol. The number of nitrogens with one attached hydrogen (secondary N) is 1. The van der Waals surface area contributed by atoms with Crippen molar-refractivity contribution in [3.8, 4) is 11.1 Å². The van der Waals surface area contributed by atoms with Gasteiger partial charge in [0.25, 0.3) is 11.8 Å². The number of hydrogen-bond acceptors (Lipinski definition) is 8. The van der Waals surface area contributed by atoms with Crippen LogP contribution in [0.25, 0.3) is 11.1 Å². The van der Waals surface area contributed by atoms with Crippen LogP contribution in [0.5, 0.6) is 0 Å². The van der Waals surface area contributed by atoms with E-state index in [2.05, 4.69) is 27.2 Å². The van der Waals surface area contributed by atoms with Gasteiger partial charge in [0.05, 0.1) is 43.2 Å². The molecule has 0 aromatic heterocycles. The van der Waals surface area contributed by atoms with Gasteiger partial charge in [-0.05, 0) is 64.9 Å². The smallest absolute Gasteiger partial charge is 0.261 e. The molecule has 5 aromatic carbocycles. The van der Waals surface area contributed by atoms with Crippen molar-refractivity contribution in [1.29, 1.82) is 0 Å². The van der Waals surface area contributed by atoms with Crippen molar-refractivity contribution in [2.24, 2.45) is 0 Å². The summed E-state index contributed by atoms with van der Waals surface area (Å²) in [5, 5.41) is 12.8. The molecule has 0 saturated carbocycles. The Balaban J connectivity index is 0.923. The average Bonchev–Trinajstić information content (AvgIpc) is 3.69. The molecule has 10 nitrogen and oxygen atoms in total. The third-order valence-corrected chi connectivity index (χ3v) is 11.9. The van der Waals surface area contributed by atoms with Crippen molar-refractivity contribution in [2.75, 3.05) is 31.2 Å². The van der Waals surface area contributed by atoms with Gasteiger partial charge in [-0.3, -0.25) is 19.3 Å². The lowest BCUT2D eigenvalue weighted by atomic mass is 9.85. The minimum atomic E-state index is -0.621. The van der Waals surface area contributed by atoms with E-state index in [1.807, 2.05) is 91.0 Å². The van der Waals surface area contributed by atoms with Gasteiger partial charge >= 0.3 is 0 Å². The quantitative estimate of drug-likeness (QED) is 0.162. The van der Waals surface area contributed by atoms with Crippen LogP contribution in [-0.4, -0.2) is 70.6 Å². The van der Waals surface area contributed by atoms with Gasteiger partial charge < -0.3 is 29.7 Å². The molecule has 5 aromatic rings. The van der Waals surface area contributed by atoms with E-state index in [4.69, 9.17) is 9.47 Å². The summed E-state index contributed by atoms with van der Waals surface area (Å²) in [6.07, 6.45) is 1.13. The topological polar surface area (TPSA) is 112 Å². The summed E-state index contributed by atoms with van der Waals surface area (Å²) in [5.74, 6) is -0.455. The lowest BCUT2D eigenvalue weighted by Crippen LogP contribution is -2.57. The van der Waals surface area contributed by atoms with E-state index >= 15 is 0 Å². The summed E-state index contributed by atoms with van der Waals surface area (Å²) in [6, 6.07) is 41.0. The number of amides is 3. The first-order valence-corrected chi connectivity index (χ1v) is 19.4. The molecule has 0 radical (unpaired) electrons. The van der Waals surface area contributed by atoms with Crippen LogP contribution in [0, 0.1) is 0 Å². The number of likely N-dealkylation sites (tertiary alicyclic amines) is 1. The summed E-state index contributed by atoms with van der Waals surface area (Å²) in [4.78, 5) is 45.6. The number of para-hydroxylation sites is 1. The molecule has 284 valence electrons. The number of piperidine rings is 1. The summed E-state index contributed by atoms with van der Waals surface area (Å²) < 4.78 is 13.4. The van der Waals surface area contributed by atoms with Gasteiger partial charge in [-0.25, -0.2) is 0 Å². The number of ether oxygens (including phenoxy) is 2. The van der Waals surface area contributed by atoms with Crippen molar-refractivity contribution in [2.45, 2.75) is 56.5 Å². The maximum atomic E-state index is 13.3. The highest BCUT2D eigenvalue weighted by Gasteiger charge is 2.50. The number of benzene rings is 5. The number of rotatable bonds is 9. The van der Waals surface area contributed by atoms with Crippen LogP contribution < -0.4 is 10.2 Å². The molecule has 4 aliphatic rings. The first-order chi connectivity index (χ1) is 27.4. The van der Waals surface area contributed by atoms with Gasteiger partial charge in [0.2, 0.25) is 5.91 Å². The van der Waals surface area contributed by atoms with Gasteiger partial charge in [0.15, 0.2) is 6.29 Å². The molecule has 4 aliphatic heterocycles. The number of imide groups is 1. The van der Waals surface area contributed by atoms with Crippen LogP contribution in [0.3, 0.4) is 0 Å². The Morgan fingerprint density at radius 2 is 1.32 bits per heavy atom.